The molecular formula is C12H17NO2. The number of carbonyl (C=O) groups excluding carboxylic acids is 1. The van der Waals surface area contributed by atoms with Gasteiger partial charge in [0.15, 0.2) is 5.78 Å². The van der Waals surface area contributed by atoms with Crippen molar-refractivity contribution in [1.29, 1.82) is 0 Å². The molecule has 0 aliphatic heterocycles. The summed E-state index contributed by atoms with van der Waals surface area (Å²) in [5.74, 6) is 0.323. The van der Waals surface area contributed by atoms with Gasteiger partial charge >= 0.3 is 0 Å². The van der Waals surface area contributed by atoms with Crippen molar-refractivity contribution in [3.05, 3.63) is 29.3 Å². The van der Waals surface area contributed by atoms with Crippen LogP contribution in [0.4, 0.5) is 0 Å². The molecule has 0 amide bonds. The van der Waals surface area contributed by atoms with Crippen molar-refractivity contribution in [3.63, 3.8) is 0 Å². The molecule has 15 heavy (non-hydrogen) atoms. The summed E-state index contributed by atoms with van der Waals surface area (Å²) in [6.07, 6.45) is 0. The van der Waals surface area contributed by atoms with Gasteiger partial charge in [0.05, 0.1) is 12.1 Å². The molecule has 0 saturated heterocycles. The van der Waals surface area contributed by atoms with E-state index in [-0.39, 0.29) is 18.1 Å². The Kier molecular flexibility index (Phi) is 3.86. The highest BCUT2D eigenvalue weighted by Gasteiger charge is 2.11. The molecule has 82 valence electrons. The minimum absolute atomic E-state index is 0.0552. The van der Waals surface area contributed by atoms with Crippen LogP contribution in [0, 0.1) is 0 Å². The van der Waals surface area contributed by atoms with Crippen LogP contribution in [0.2, 0.25) is 0 Å². The summed E-state index contributed by atoms with van der Waals surface area (Å²) >= 11 is 0. The molecule has 0 spiro atoms. The lowest BCUT2D eigenvalue weighted by molar-refractivity contribution is 0.0991. The van der Waals surface area contributed by atoms with Gasteiger partial charge in [-0.1, -0.05) is 19.9 Å². The third kappa shape index (κ3) is 2.80. The van der Waals surface area contributed by atoms with Crippen molar-refractivity contribution in [2.45, 2.75) is 19.8 Å². The molecule has 1 aromatic rings. The van der Waals surface area contributed by atoms with Crippen LogP contribution in [0.1, 0.15) is 35.7 Å². The van der Waals surface area contributed by atoms with Gasteiger partial charge < -0.3 is 10.4 Å². The van der Waals surface area contributed by atoms with E-state index in [1.165, 1.54) is 0 Å². The van der Waals surface area contributed by atoms with Gasteiger partial charge in [-0.3, -0.25) is 4.79 Å². The van der Waals surface area contributed by atoms with Gasteiger partial charge in [-0.05, 0) is 30.7 Å². The van der Waals surface area contributed by atoms with Crippen LogP contribution >= 0.6 is 0 Å². The maximum Gasteiger partial charge on any atom is 0.180 e. The molecule has 0 bridgehead atoms. The molecule has 0 radical (unpaired) electrons. The topological polar surface area (TPSA) is 49.3 Å². The molecule has 0 unspecified atom stereocenters. The van der Waals surface area contributed by atoms with Gasteiger partial charge in [-0.15, -0.1) is 0 Å². The lowest BCUT2D eigenvalue weighted by Gasteiger charge is -2.09. The maximum atomic E-state index is 11.6. The number of carbonyl (C=O) groups is 1. The lowest BCUT2D eigenvalue weighted by Crippen LogP contribution is -2.18. The number of likely N-dealkylation sites (N-methyl/N-ethyl adjacent to an activating group) is 1. The molecule has 0 heterocycles. The van der Waals surface area contributed by atoms with E-state index in [1.54, 1.807) is 19.2 Å². The quantitative estimate of drug-likeness (QED) is 0.741. The minimum Gasteiger partial charge on any atom is -0.507 e. The average Bonchev–Trinajstić information content (AvgIpc) is 2.18. The van der Waals surface area contributed by atoms with E-state index in [9.17, 15) is 9.90 Å². The van der Waals surface area contributed by atoms with Crippen LogP contribution in [-0.4, -0.2) is 24.5 Å². The Labute approximate surface area is 90.1 Å². The van der Waals surface area contributed by atoms with E-state index in [2.05, 4.69) is 19.2 Å². The third-order valence-electron chi connectivity index (χ3n) is 2.33. The summed E-state index contributed by atoms with van der Waals surface area (Å²) in [5.41, 5.74) is 1.46. The van der Waals surface area contributed by atoms with Crippen molar-refractivity contribution >= 4 is 5.78 Å². The summed E-state index contributed by atoms with van der Waals surface area (Å²) in [6, 6.07) is 5.19. The summed E-state index contributed by atoms with van der Waals surface area (Å²) < 4.78 is 0. The number of hydrogen-bond acceptors (Lipinski definition) is 3. The summed E-state index contributed by atoms with van der Waals surface area (Å²) in [7, 11) is 1.71. The van der Waals surface area contributed by atoms with E-state index < -0.39 is 0 Å². The van der Waals surface area contributed by atoms with E-state index >= 15 is 0 Å². The predicted octanol–water partition coefficient (Wildman–Crippen LogP) is 1.92. The first-order valence-electron chi connectivity index (χ1n) is 5.07. The Bertz CT molecular complexity index is 359. The lowest BCUT2D eigenvalue weighted by atomic mass is 9.98. The van der Waals surface area contributed by atoms with Crippen LogP contribution in [0.15, 0.2) is 18.2 Å². The highest BCUT2D eigenvalue weighted by atomic mass is 16.3. The molecule has 0 aliphatic rings. The van der Waals surface area contributed by atoms with Gasteiger partial charge in [0.1, 0.15) is 5.75 Å². The highest BCUT2D eigenvalue weighted by Crippen LogP contribution is 2.23. The first kappa shape index (κ1) is 11.7. The number of ketones is 1. The zero-order valence-electron chi connectivity index (χ0n) is 9.37. The standard InChI is InChI=1S/C12H17NO2/c1-8(2)9-4-5-11(14)10(6-9)12(15)7-13-3/h4-6,8,13-14H,7H2,1-3H3. The molecule has 2 N–H and O–H groups in total. The van der Waals surface area contributed by atoms with Gasteiger partial charge in [0, 0.05) is 0 Å². The van der Waals surface area contributed by atoms with E-state index in [1.807, 2.05) is 6.07 Å². The Hall–Kier alpha value is -1.35. The van der Waals surface area contributed by atoms with Crippen molar-refractivity contribution in [3.8, 4) is 5.75 Å². The van der Waals surface area contributed by atoms with Crippen LogP contribution in [0.3, 0.4) is 0 Å². The molecule has 3 heteroatoms. The fourth-order valence-electron chi connectivity index (χ4n) is 1.39. The van der Waals surface area contributed by atoms with Crippen molar-refractivity contribution in [2.24, 2.45) is 0 Å². The van der Waals surface area contributed by atoms with E-state index in [0.29, 0.717) is 11.5 Å². The molecule has 0 atom stereocenters. The zero-order valence-corrected chi connectivity index (χ0v) is 9.37. The summed E-state index contributed by atoms with van der Waals surface area (Å²) in [5, 5.41) is 12.3. The van der Waals surface area contributed by atoms with Crippen LogP contribution < -0.4 is 5.32 Å². The second-order valence-electron chi connectivity index (χ2n) is 3.88. The largest absolute Gasteiger partial charge is 0.507 e. The molecule has 0 aromatic heterocycles. The van der Waals surface area contributed by atoms with Crippen molar-refractivity contribution in [2.75, 3.05) is 13.6 Å². The van der Waals surface area contributed by atoms with Crippen molar-refractivity contribution < 1.29 is 9.90 Å². The SMILES string of the molecule is CNCC(=O)c1cc(C(C)C)ccc1O. The minimum atomic E-state index is -0.0856. The number of rotatable bonds is 4. The van der Waals surface area contributed by atoms with Crippen molar-refractivity contribution in [1.82, 2.24) is 5.32 Å². The smallest absolute Gasteiger partial charge is 0.180 e. The van der Waals surface area contributed by atoms with Crippen LogP contribution in [0.25, 0.3) is 0 Å². The Balaban J connectivity index is 3.05. The first-order chi connectivity index (χ1) is 7.06. The van der Waals surface area contributed by atoms with Crippen LogP contribution in [-0.2, 0) is 0 Å². The Morgan fingerprint density at radius 3 is 2.67 bits per heavy atom. The number of phenolic OH excluding ortho intramolecular Hbond substituents is 1. The highest BCUT2D eigenvalue weighted by molar-refractivity contribution is 6.00. The maximum absolute atomic E-state index is 11.6. The summed E-state index contributed by atoms with van der Waals surface area (Å²) in [4.78, 5) is 11.6. The first-order valence-corrected chi connectivity index (χ1v) is 5.07. The number of benzene rings is 1. The monoisotopic (exact) mass is 207 g/mol. The predicted molar refractivity (Wildman–Crippen MR) is 60.5 cm³/mol. The normalized spacial score (nSPS) is 10.7. The Morgan fingerprint density at radius 1 is 1.47 bits per heavy atom. The number of aromatic hydroxyl groups is 1. The second kappa shape index (κ2) is 4.94. The average molecular weight is 207 g/mol. The van der Waals surface area contributed by atoms with E-state index in [0.717, 1.165) is 5.56 Å². The number of Topliss-reactive ketones (excluding diaryl/α,β-unsaturated/α-hetero) is 1. The molecule has 1 rings (SSSR count). The molecule has 0 saturated carbocycles. The summed E-state index contributed by atoms with van der Waals surface area (Å²) in [6.45, 7) is 4.35. The number of nitrogens with one attached hydrogen (secondary N) is 1. The fraction of sp³-hybridized carbons (Fsp3) is 0.417. The molecule has 3 nitrogen and oxygen atoms in total. The van der Waals surface area contributed by atoms with E-state index in [4.69, 9.17) is 0 Å². The van der Waals surface area contributed by atoms with Gasteiger partial charge in [0.2, 0.25) is 0 Å². The third-order valence-corrected chi connectivity index (χ3v) is 2.33. The fourth-order valence-corrected chi connectivity index (χ4v) is 1.39. The number of phenols is 1. The van der Waals surface area contributed by atoms with Crippen LogP contribution in [0.5, 0.6) is 5.75 Å². The Morgan fingerprint density at radius 2 is 2.13 bits per heavy atom. The molecule has 0 fully saturated rings. The van der Waals surface area contributed by atoms with Gasteiger partial charge in [0.25, 0.3) is 0 Å². The van der Waals surface area contributed by atoms with Gasteiger partial charge in [-0.25, -0.2) is 0 Å². The molecular weight excluding hydrogens is 190 g/mol. The zero-order chi connectivity index (χ0) is 11.4. The molecule has 0 aliphatic carbocycles. The number of hydrogen-bond donors (Lipinski definition) is 2. The second-order valence-corrected chi connectivity index (χ2v) is 3.88. The van der Waals surface area contributed by atoms with Gasteiger partial charge in [-0.2, -0.15) is 0 Å². The molecule has 1 aromatic carbocycles.